The summed E-state index contributed by atoms with van der Waals surface area (Å²) in [4.78, 5) is 15.0. The minimum absolute atomic E-state index is 0.0443. The number of non-ortho nitro benzene ring substituents is 1. The summed E-state index contributed by atoms with van der Waals surface area (Å²) in [6, 6.07) is 13.6. The third-order valence-corrected chi connectivity index (χ3v) is 3.81. The molecule has 3 rings (SSSR count). The normalized spacial score (nSPS) is 11.0. The average molecular weight is 343 g/mol. The van der Waals surface area contributed by atoms with Crippen LogP contribution in [-0.4, -0.2) is 19.7 Å². The molecule has 0 saturated heterocycles. The maximum absolute atomic E-state index is 10.8. The Morgan fingerprint density at radius 1 is 1.08 bits per heavy atom. The van der Waals surface area contributed by atoms with Crippen molar-refractivity contribution in [3.8, 4) is 17.1 Å². The van der Waals surface area contributed by atoms with Crippen molar-refractivity contribution >= 4 is 17.3 Å². The number of rotatable bonds is 4. The van der Waals surface area contributed by atoms with Crippen molar-refractivity contribution in [1.82, 2.24) is 14.8 Å². The third-order valence-electron chi connectivity index (χ3n) is 3.56. The quantitative estimate of drug-likeness (QED) is 0.512. The number of nitrogens with zero attached hydrogens (tertiary/aromatic N) is 4. The zero-order valence-corrected chi connectivity index (χ0v) is 13.9. The second kappa shape index (κ2) is 6.41. The zero-order valence-electron chi connectivity index (χ0n) is 13.2. The van der Waals surface area contributed by atoms with Gasteiger partial charge in [0.05, 0.1) is 10.6 Å². The van der Waals surface area contributed by atoms with Crippen LogP contribution in [0.2, 0.25) is 5.02 Å². The number of hydrogen-bond donors (Lipinski definition) is 0. The Morgan fingerprint density at radius 3 is 2.25 bits per heavy atom. The molecule has 1 aromatic heterocycles. The Balaban J connectivity index is 2.06. The van der Waals surface area contributed by atoms with Gasteiger partial charge < -0.3 is 0 Å². The van der Waals surface area contributed by atoms with Crippen LogP contribution < -0.4 is 0 Å². The van der Waals surface area contributed by atoms with Gasteiger partial charge in [-0.15, -0.1) is 5.10 Å². The molecular weight excluding hydrogens is 328 g/mol. The van der Waals surface area contributed by atoms with Gasteiger partial charge in [0.15, 0.2) is 5.82 Å². The molecule has 6 nitrogen and oxygen atoms in total. The van der Waals surface area contributed by atoms with E-state index in [0.29, 0.717) is 10.8 Å². The van der Waals surface area contributed by atoms with E-state index in [9.17, 15) is 10.1 Å². The number of nitro groups is 1. The first-order valence-corrected chi connectivity index (χ1v) is 7.81. The molecule has 2 aromatic carbocycles. The summed E-state index contributed by atoms with van der Waals surface area (Å²) < 4.78 is 1.72. The van der Waals surface area contributed by atoms with Crippen LogP contribution in [0.4, 0.5) is 5.69 Å². The van der Waals surface area contributed by atoms with Crippen LogP contribution in [0.3, 0.4) is 0 Å². The Kier molecular flexibility index (Phi) is 4.31. The van der Waals surface area contributed by atoms with E-state index < -0.39 is 4.92 Å². The average Bonchev–Trinajstić information content (AvgIpc) is 3.01. The van der Waals surface area contributed by atoms with E-state index in [4.69, 9.17) is 11.6 Å². The topological polar surface area (TPSA) is 73.8 Å². The Hall–Kier alpha value is -2.73. The van der Waals surface area contributed by atoms with E-state index in [1.165, 1.54) is 12.1 Å². The smallest absolute Gasteiger partial charge is 0.258 e. The molecule has 0 unspecified atom stereocenters. The Morgan fingerprint density at radius 2 is 1.71 bits per heavy atom. The molecule has 122 valence electrons. The summed E-state index contributed by atoms with van der Waals surface area (Å²) >= 11 is 5.92. The first-order chi connectivity index (χ1) is 11.5. The second-order valence-electron chi connectivity index (χ2n) is 5.64. The van der Waals surface area contributed by atoms with Crippen LogP contribution in [0.25, 0.3) is 17.1 Å². The molecule has 0 bridgehead atoms. The zero-order chi connectivity index (χ0) is 17.3. The Labute approximate surface area is 143 Å². The van der Waals surface area contributed by atoms with Gasteiger partial charge in [-0.3, -0.25) is 10.1 Å². The summed E-state index contributed by atoms with van der Waals surface area (Å²) in [7, 11) is 0. The number of aromatic nitrogens is 3. The summed E-state index contributed by atoms with van der Waals surface area (Å²) in [5, 5.41) is 16.0. The van der Waals surface area contributed by atoms with Crippen molar-refractivity contribution in [2.45, 2.75) is 19.8 Å². The minimum atomic E-state index is -0.423. The lowest BCUT2D eigenvalue weighted by molar-refractivity contribution is -0.384. The predicted molar refractivity (Wildman–Crippen MR) is 92.5 cm³/mol. The van der Waals surface area contributed by atoms with Crippen LogP contribution >= 0.6 is 11.6 Å². The summed E-state index contributed by atoms with van der Waals surface area (Å²) in [5.74, 6) is 1.52. The molecule has 1 heterocycles. The number of hydrogen-bond acceptors (Lipinski definition) is 4. The van der Waals surface area contributed by atoms with Crippen molar-refractivity contribution < 1.29 is 4.92 Å². The van der Waals surface area contributed by atoms with E-state index in [-0.39, 0.29) is 11.6 Å². The molecule has 0 saturated carbocycles. The lowest BCUT2D eigenvalue weighted by atomic mass is 10.2. The number of halogens is 1. The van der Waals surface area contributed by atoms with Gasteiger partial charge in [-0.25, -0.2) is 9.67 Å². The van der Waals surface area contributed by atoms with Gasteiger partial charge in [0.25, 0.3) is 5.69 Å². The highest BCUT2D eigenvalue weighted by atomic mass is 35.5. The molecule has 3 aromatic rings. The molecule has 7 heteroatoms. The lowest BCUT2D eigenvalue weighted by Crippen LogP contribution is -2.04. The SMILES string of the molecule is CC(C)c1nc(-c2ccc(Cl)cc2)nn1-c1ccc([N+](=O)[O-])cc1. The monoisotopic (exact) mass is 342 g/mol. The molecule has 24 heavy (non-hydrogen) atoms. The highest BCUT2D eigenvalue weighted by Gasteiger charge is 2.16. The van der Waals surface area contributed by atoms with Crippen molar-refractivity contribution in [1.29, 1.82) is 0 Å². The van der Waals surface area contributed by atoms with Gasteiger partial charge in [0.2, 0.25) is 0 Å². The van der Waals surface area contributed by atoms with Crippen molar-refractivity contribution in [2.24, 2.45) is 0 Å². The van der Waals surface area contributed by atoms with Gasteiger partial charge in [0.1, 0.15) is 5.82 Å². The number of benzene rings is 2. The Bertz CT molecular complexity index is 871. The molecule has 0 aliphatic carbocycles. The fraction of sp³-hybridized carbons (Fsp3) is 0.176. The molecular formula is C17H15ClN4O2. The molecule has 0 aliphatic rings. The van der Waals surface area contributed by atoms with E-state index in [0.717, 1.165) is 17.1 Å². The van der Waals surface area contributed by atoms with Gasteiger partial charge >= 0.3 is 0 Å². The van der Waals surface area contributed by atoms with Crippen LogP contribution in [0, 0.1) is 10.1 Å². The van der Waals surface area contributed by atoms with Crippen LogP contribution in [0.1, 0.15) is 25.6 Å². The summed E-state index contributed by atoms with van der Waals surface area (Å²) in [5.41, 5.74) is 1.64. The fourth-order valence-corrected chi connectivity index (χ4v) is 2.45. The van der Waals surface area contributed by atoms with Crippen LogP contribution in [0.15, 0.2) is 48.5 Å². The summed E-state index contributed by atoms with van der Waals surface area (Å²) in [6.07, 6.45) is 0. The molecule has 0 atom stereocenters. The van der Waals surface area contributed by atoms with E-state index >= 15 is 0 Å². The first kappa shape index (κ1) is 16.1. The third kappa shape index (κ3) is 3.14. The number of nitro benzene ring substituents is 1. The molecule has 0 spiro atoms. The predicted octanol–water partition coefficient (Wildman–Crippen LogP) is 4.62. The van der Waals surface area contributed by atoms with Crippen molar-refractivity contribution in [2.75, 3.05) is 0 Å². The van der Waals surface area contributed by atoms with Crippen molar-refractivity contribution in [3.63, 3.8) is 0 Å². The first-order valence-electron chi connectivity index (χ1n) is 7.43. The molecule has 0 fully saturated rings. The van der Waals surface area contributed by atoms with Crippen molar-refractivity contribution in [3.05, 3.63) is 69.5 Å². The molecule has 0 aliphatic heterocycles. The van der Waals surface area contributed by atoms with Gasteiger partial charge in [-0.1, -0.05) is 25.4 Å². The van der Waals surface area contributed by atoms with Crippen LogP contribution in [-0.2, 0) is 0 Å². The van der Waals surface area contributed by atoms with E-state index in [1.54, 1.807) is 28.9 Å². The van der Waals surface area contributed by atoms with Crippen LogP contribution in [0.5, 0.6) is 0 Å². The summed E-state index contributed by atoms with van der Waals surface area (Å²) in [6.45, 7) is 4.05. The highest BCUT2D eigenvalue weighted by Crippen LogP contribution is 2.24. The lowest BCUT2D eigenvalue weighted by Gasteiger charge is -2.07. The minimum Gasteiger partial charge on any atom is -0.258 e. The molecule has 0 radical (unpaired) electrons. The standard InChI is InChI=1S/C17H15ClN4O2/c1-11(2)17-19-16(12-3-5-13(18)6-4-12)20-21(17)14-7-9-15(10-8-14)22(23)24/h3-11H,1-2H3. The largest absolute Gasteiger partial charge is 0.269 e. The maximum Gasteiger partial charge on any atom is 0.269 e. The van der Waals surface area contributed by atoms with Gasteiger partial charge in [0, 0.05) is 28.6 Å². The van der Waals surface area contributed by atoms with E-state index in [2.05, 4.69) is 10.1 Å². The fourth-order valence-electron chi connectivity index (χ4n) is 2.32. The second-order valence-corrected chi connectivity index (χ2v) is 6.08. The van der Waals surface area contributed by atoms with Gasteiger partial charge in [-0.05, 0) is 36.4 Å². The highest BCUT2D eigenvalue weighted by molar-refractivity contribution is 6.30. The van der Waals surface area contributed by atoms with Gasteiger partial charge in [-0.2, -0.15) is 0 Å². The maximum atomic E-state index is 10.8. The molecule has 0 N–H and O–H groups in total. The molecule has 0 amide bonds. The van der Waals surface area contributed by atoms with E-state index in [1.807, 2.05) is 26.0 Å².